The lowest BCUT2D eigenvalue weighted by Gasteiger charge is -2.37. The minimum Gasteiger partial charge on any atom is -0.475 e. The zero-order valence-electron chi connectivity index (χ0n) is 11.4. The molecule has 1 heterocycles. The summed E-state index contributed by atoms with van der Waals surface area (Å²) in [6.07, 6.45) is 3.69. The second kappa shape index (κ2) is 5.75. The molecule has 1 fully saturated rings. The van der Waals surface area contributed by atoms with E-state index in [2.05, 4.69) is 4.90 Å². The first-order chi connectivity index (χ1) is 9.00. The molecule has 106 valence electrons. The van der Waals surface area contributed by atoms with Gasteiger partial charge in [-0.05, 0) is 38.9 Å². The van der Waals surface area contributed by atoms with Gasteiger partial charge in [-0.2, -0.15) is 0 Å². The monoisotopic (exact) mass is 267 g/mol. The number of carbonyl (C=O) groups is 1. The van der Waals surface area contributed by atoms with Crippen LogP contribution in [0.2, 0.25) is 0 Å². The zero-order valence-corrected chi connectivity index (χ0v) is 11.4. The van der Waals surface area contributed by atoms with E-state index >= 15 is 0 Å². The summed E-state index contributed by atoms with van der Waals surface area (Å²) in [5, 5.41) is 18.9. The molecule has 1 saturated carbocycles. The number of carboxylic acids is 1. The van der Waals surface area contributed by atoms with Gasteiger partial charge >= 0.3 is 5.97 Å². The molecule has 1 aliphatic rings. The van der Waals surface area contributed by atoms with Crippen LogP contribution < -0.4 is 0 Å². The van der Waals surface area contributed by atoms with Crippen molar-refractivity contribution in [3.05, 3.63) is 23.7 Å². The van der Waals surface area contributed by atoms with Gasteiger partial charge in [0.1, 0.15) is 5.76 Å². The molecule has 3 unspecified atom stereocenters. The average molecular weight is 267 g/mol. The Morgan fingerprint density at radius 1 is 1.42 bits per heavy atom. The molecular weight excluding hydrogens is 246 g/mol. The molecule has 19 heavy (non-hydrogen) atoms. The topological polar surface area (TPSA) is 73.9 Å². The molecule has 5 heteroatoms. The van der Waals surface area contributed by atoms with Crippen molar-refractivity contribution in [2.24, 2.45) is 0 Å². The highest BCUT2D eigenvalue weighted by molar-refractivity contribution is 5.84. The molecule has 5 nitrogen and oxygen atoms in total. The molecule has 1 aromatic rings. The Morgan fingerprint density at radius 2 is 2.11 bits per heavy atom. The van der Waals surface area contributed by atoms with Crippen molar-refractivity contribution in [2.75, 3.05) is 7.05 Å². The zero-order chi connectivity index (χ0) is 14.0. The standard InChI is InChI=1S/C14H21NO4/c1-9(12-7-8-13(19-12)14(17)18)15(2)10-5-3-4-6-11(10)16/h7-11,16H,3-6H2,1-2H3,(H,17,18). The fourth-order valence-corrected chi connectivity index (χ4v) is 2.75. The number of aliphatic hydroxyl groups excluding tert-OH is 1. The summed E-state index contributed by atoms with van der Waals surface area (Å²) in [4.78, 5) is 12.9. The highest BCUT2D eigenvalue weighted by Crippen LogP contribution is 2.29. The van der Waals surface area contributed by atoms with Gasteiger partial charge in [-0.3, -0.25) is 4.90 Å². The first-order valence-corrected chi connectivity index (χ1v) is 6.73. The molecular formula is C14H21NO4. The minimum atomic E-state index is -1.06. The van der Waals surface area contributed by atoms with Crippen LogP contribution in [-0.4, -0.2) is 40.3 Å². The maximum atomic E-state index is 10.8. The Kier molecular flexibility index (Phi) is 4.27. The number of aromatic carboxylic acids is 1. The van der Waals surface area contributed by atoms with Crippen LogP contribution in [0.4, 0.5) is 0 Å². The number of nitrogens with zero attached hydrogens (tertiary/aromatic N) is 1. The fraction of sp³-hybridized carbons (Fsp3) is 0.643. The van der Waals surface area contributed by atoms with E-state index in [1.165, 1.54) is 6.07 Å². The molecule has 1 aromatic heterocycles. The van der Waals surface area contributed by atoms with Crippen LogP contribution in [0.1, 0.15) is 55.0 Å². The van der Waals surface area contributed by atoms with Crippen molar-refractivity contribution in [1.82, 2.24) is 4.90 Å². The number of aliphatic hydroxyl groups is 1. The predicted octanol–water partition coefficient (Wildman–Crippen LogP) is 2.27. The Bertz CT molecular complexity index is 442. The van der Waals surface area contributed by atoms with E-state index in [1.54, 1.807) is 6.07 Å². The number of hydrogen-bond donors (Lipinski definition) is 2. The van der Waals surface area contributed by atoms with Gasteiger partial charge in [-0.25, -0.2) is 4.79 Å². The quantitative estimate of drug-likeness (QED) is 0.875. The molecule has 0 aliphatic heterocycles. The predicted molar refractivity (Wildman–Crippen MR) is 70.1 cm³/mol. The Labute approximate surface area is 112 Å². The van der Waals surface area contributed by atoms with Crippen molar-refractivity contribution in [2.45, 2.75) is 50.8 Å². The van der Waals surface area contributed by atoms with E-state index in [0.29, 0.717) is 5.76 Å². The Balaban J connectivity index is 2.08. The molecule has 0 aromatic carbocycles. The summed E-state index contributed by atoms with van der Waals surface area (Å²) in [5.41, 5.74) is 0. The van der Waals surface area contributed by atoms with Gasteiger partial charge in [0.2, 0.25) is 5.76 Å². The van der Waals surface area contributed by atoms with E-state index in [9.17, 15) is 9.90 Å². The smallest absolute Gasteiger partial charge is 0.371 e. The first kappa shape index (κ1) is 14.1. The SMILES string of the molecule is CC(c1ccc(C(=O)O)o1)N(C)C1CCCCC1O. The normalized spacial score (nSPS) is 25.5. The summed E-state index contributed by atoms with van der Waals surface area (Å²) in [7, 11) is 1.95. The van der Waals surface area contributed by atoms with Gasteiger partial charge in [-0.15, -0.1) is 0 Å². The number of likely N-dealkylation sites (N-methyl/N-ethyl adjacent to an activating group) is 1. The third kappa shape index (κ3) is 2.98. The molecule has 0 amide bonds. The lowest BCUT2D eigenvalue weighted by molar-refractivity contribution is 0.0113. The van der Waals surface area contributed by atoms with Crippen molar-refractivity contribution < 1.29 is 19.4 Å². The molecule has 2 N–H and O–H groups in total. The van der Waals surface area contributed by atoms with Crippen molar-refractivity contribution in [1.29, 1.82) is 0 Å². The Morgan fingerprint density at radius 3 is 2.68 bits per heavy atom. The van der Waals surface area contributed by atoms with Crippen LogP contribution in [0.3, 0.4) is 0 Å². The van der Waals surface area contributed by atoms with Gasteiger partial charge in [0.15, 0.2) is 0 Å². The van der Waals surface area contributed by atoms with Crippen LogP contribution in [0.25, 0.3) is 0 Å². The first-order valence-electron chi connectivity index (χ1n) is 6.73. The second-order valence-electron chi connectivity index (χ2n) is 5.27. The molecule has 1 aliphatic carbocycles. The summed E-state index contributed by atoms with van der Waals surface area (Å²) in [5.74, 6) is -0.476. The second-order valence-corrected chi connectivity index (χ2v) is 5.27. The lowest BCUT2D eigenvalue weighted by Crippen LogP contribution is -2.44. The van der Waals surface area contributed by atoms with E-state index in [1.807, 2.05) is 14.0 Å². The van der Waals surface area contributed by atoms with Crippen molar-refractivity contribution >= 4 is 5.97 Å². The molecule has 3 atom stereocenters. The van der Waals surface area contributed by atoms with Crippen molar-refractivity contribution in [3.8, 4) is 0 Å². The van der Waals surface area contributed by atoms with Crippen LogP contribution in [0, 0.1) is 0 Å². The summed E-state index contributed by atoms with van der Waals surface area (Å²) < 4.78 is 5.33. The molecule has 0 spiro atoms. The van der Waals surface area contributed by atoms with E-state index in [0.717, 1.165) is 25.7 Å². The minimum absolute atomic E-state index is 0.0422. The van der Waals surface area contributed by atoms with E-state index in [4.69, 9.17) is 9.52 Å². The van der Waals surface area contributed by atoms with Gasteiger partial charge in [-0.1, -0.05) is 12.8 Å². The van der Waals surface area contributed by atoms with Crippen LogP contribution >= 0.6 is 0 Å². The molecule has 0 bridgehead atoms. The third-order valence-corrected chi connectivity index (χ3v) is 4.08. The number of hydrogen-bond acceptors (Lipinski definition) is 4. The van der Waals surface area contributed by atoms with Gasteiger partial charge in [0.05, 0.1) is 12.1 Å². The number of rotatable bonds is 4. The molecule has 0 radical (unpaired) electrons. The van der Waals surface area contributed by atoms with Gasteiger partial charge in [0, 0.05) is 6.04 Å². The van der Waals surface area contributed by atoms with Gasteiger partial charge in [0.25, 0.3) is 0 Å². The van der Waals surface area contributed by atoms with E-state index < -0.39 is 5.97 Å². The number of carboxylic acid groups (broad SMARTS) is 1. The molecule has 0 saturated heterocycles. The van der Waals surface area contributed by atoms with Crippen LogP contribution in [-0.2, 0) is 0 Å². The maximum absolute atomic E-state index is 10.8. The Hall–Kier alpha value is -1.33. The summed E-state index contributed by atoms with van der Waals surface area (Å²) in [6.45, 7) is 1.96. The average Bonchev–Trinajstić information content (AvgIpc) is 2.87. The lowest BCUT2D eigenvalue weighted by atomic mass is 9.91. The van der Waals surface area contributed by atoms with Gasteiger partial charge < -0.3 is 14.6 Å². The maximum Gasteiger partial charge on any atom is 0.371 e. The van der Waals surface area contributed by atoms with Crippen LogP contribution in [0.5, 0.6) is 0 Å². The summed E-state index contributed by atoms with van der Waals surface area (Å²) >= 11 is 0. The van der Waals surface area contributed by atoms with Crippen LogP contribution in [0.15, 0.2) is 16.5 Å². The summed E-state index contributed by atoms with van der Waals surface area (Å²) in [6, 6.07) is 3.23. The highest BCUT2D eigenvalue weighted by Gasteiger charge is 2.30. The van der Waals surface area contributed by atoms with E-state index in [-0.39, 0.29) is 23.9 Å². The van der Waals surface area contributed by atoms with Crippen molar-refractivity contribution in [3.63, 3.8) is 0 Å². The highest BCUT2D eigenvalue weighted by atomic mass is 16.4. The third-order valence-electron chi connectivity index (χ3n) is 4.08. The largest absolute Gasteiger partial charge is 0.475 e. The molecule has 2 rings (SSSR count). The fourth-order valence-electron chi connectivity index (χ4n) is 2.75. The number of furan rings is 1.